The molecule has 0 aromatic carbocycles. The highest BCUT2D eigenvalue weighted by molar-refractivity contribution is 5.91. The maximum absolute atomic E-state index is 13.9. The van der Waals surface area contributed by atoms with Crippen molar-refractivity contribution in [1.29, 1.82) is 0 Å². The molecule has 0 radical (unpaired) electrons. The standard InChI is InChI=1S/C29H48O3/c1-17(2)18(3)23-16-24(23)19(4)25-9-10-26(29(25,6)13-14-30)22-8-7-20-15-21(31)11-12-28(20,5)27(22)32/h7,17-19,21-26,30-31H,8-16H2,1-6H3/t18-,19-,21+,22+,23-,24-,25-,26+,28+,29-/m1/s1. The van der Waals surface area contributed by atoms with Crippen LogP contribution >= 0.6 is 0 Å². The minimum absolute atomic E-state index is 0.0403. The fourth-order valence-electron chi connectivity index (χ4n) is 8.59. The van der Waals surface area contributed by atoms with E-state index in [-0.39, 0.29) is 29.5 Å². The molecule has 182 valence electrons. The molecular weight excluding hydrogens is 396 g/mol. The molecular formula is C29H48O3. The Hall–Kier alpha value is -0.670. The number of hydrogen-bond donors (Lipinski definition) is 2. The highest BCUT2D eigenvalue weighted by Gasteiger charge is 2.58. The second-order valence-corrected chi connectivity index (χ2v) is 13.0. The number of fused-ring (bicyclic) bond motifs is 1. The van der Waals surface area contributed by atoms with E-state index in [0.717, 1.165) is 55.8 Å². The van der Waals surface area contributed by atoms with Gasteiger partial charge in [-0.25, -0.2) is 0 Å². The van der Waals surface area contributed by atoms with Gasteiger partial charge in [-0.15, -0.1) is 0 Å². The predicted molar refractivity (Wildman–Crippen MR) is 130 cm³/mol. The number of carbonyl (C=O) groups excluding carboxylic acids is 1. The number of ketones is 1. The zero-order chi connectivity index (χ0) is 23.4. The Labute approximate surface area is 196 Å². The van der Waals surface area contributed by atoms with Crippen LogP contribution in [-0.4, -0.2) is 28.7 Å². The van der Waals surface area contributed by atoms with Gasteiger partial charge in [0.15, 0.2) is 0 Å². The lowest BCUT2D eigenvalue weighted by Gasteiger charge is -2.48. The van der Waals surface area contributed by atoms with Crippen LogP contribution in [-0.2, 0) is 4.79 Å². The van der Waals surface area contributed by atoms with E-state index in [2.05, 4.69) is 47.6 Å². The minimum Gasteiger partial charge on any atom is -0.396 e. The summed E-state index contributed by atoms with van der Waals surface area (Å²) in [5.74, 6) is 5.37. The molecule has 0 aromatic heterocycles. The number of aliphatic hydroxyl groups excluding tert-OH is 2. The SMILES string of the molecule is CC(C)[C@@H](C)[C@H]1C[C@@H]1[C@@H](C)[C@H]1CC[C@@H]([C@@H]2CC=C3C[C@@H](O)CC[C@]3(C)C2=O)[C@]1(C)CCO. The monoisotopic (exact) mass is 444 g/mol. The molecule has 3 saturated carbocycles. The molecule has 0 saturated heterocycles. The van der Waals surface area contributed by atoms with Crippen molar-refractivity contribution in [2.75, 3.05) is 6.61 Å². The topological polar surface area (TPSA) is 57.5 Å². The van der Waals surface area contributed by atoms with Crippen LogP contribution < -0.4 is 0 Å². The zero-order valence-corrected chi connectivity index (χ0v) is 21.4. The fraction of sp³-hybridized carbons (Fsp3) is 0.897. The second-order valence-electron chi connectivity index (χ2n) is 13.0. The molecule has 4 aliphatic carbocycles. The van der Waals surface area contributed by atoms with Crippen molar-refractivity contribution in [1.82, 2.24) is 0 Å². The Balaban J connectivity index is 1.55. The van der Waals surface area contributed by atoms with Crippen molar-refractivity contribution < 1.29 is 15.0 Å². The highest BCUT2D eigenvalue weighted by atomic mass is 16.3. The molecule has 3 heteroatoms. The van der Waals surface area contributed by atoms with Crippen LogP contribution in [0.3, 0.4) is 0 Å². The first kappa shape index (κ1) is 24.5. The van der Waals surface area contributed by atoms with E-state index in [1.807, 2.05) is 0 Å². The van der Waals surface area contributed by atoms with E-state index in [0.29, 0.717) is 30.0 Å². The van der Waals surface area contributed by atoms with E-state index < -0.39 is 0 Å². The van der Waals surface area contributed by atoms with Gasteiger partial charge < -0.3 is 10.2 Å². The summed E-state index contributed by atoms with van der Waals surface area (Å²) in [6.45, 7) is 14.4. The van der Waals surface area contributed by atoms with Gasteiger partial charge in [0.1, 0.15) is 5.78 Å². The van der Waals surface area contributed by atoms with Crippen LogP contribution in [0.4, 0.5) is 0 Å². The molecule has 3 nitrogen and oxygen atoms in total. The lowest BCUT2D eigenvalue weighted by molar-refractivity contribution is -0.136. The van der Waals surface area contributed by atoms with Crippen molar-refractivity contribution in [2.24, 2.45) is 58.2 Å². The molecule has 4 rings (SSSR count). The molecule has 10 atom stereocenters. The summed E-state index contributed by atoms with van der Waals surface area (Å²) in [6, 6.07) is 0. The Morgan fingerprint density at radius 2 is 1.81 bits per heavy atom. The third-order valence-electron chi connectivity index (χ3n) is 11.2. The van der Waals surface area contributed by atoms with E-state index in [9.17, 15) is 15.0 Å². The Bertz CT molecular complexity index is 741. The van der Waals surface area contributed by atoms with Gasteiger partial charge >= 0.3 is 0 Å². The fourth-order valence-corrected chi connectivity index (χ4v) is 8.59. The molecule has 2 N–H and O–H groups in total. The van der Waals surface area contributed by atoms with Crippen molar-refractivity contribution in [2.45, 2.75) is 99.0 Å². The lowest BCUT2D eigenvalue weighted by Crippen LogP contribution is -2.47. The molecule has 0 spiro atoms. The third-order valence-corrected chi connectivity index (χ3v) is 11.2. The van der Waals surface area contributed by atoms with Crippen molar-refractivity contribution in [3.05, 3.63) is 11.6 Å². The van der Waals surface area contributed by atoms with E-state index in [1.165, 1.54) is 18.4 Å². The molecule has 4 aliphatic rings. The van der Waals surface area contributed by atoms with Crippen LogP contribution in [0, 0.1) is 58.2 Å². The average Bonchev–Trinajstić information content (AvgIpc) is 3.47. The van der Waals surface area contributed by atoms with Gasteiger partial charge in [0.05, 0.1) is 6.10 Å². The lowest BCUT2D eigenvalue weighted by atomic mass is 9.55. The van der Waals surface area contributed by atoms with E-state index >= 15 is 0 Å². The summed E-state index contributed by atoms with van der Waals surface area (Å²) in [5, 5.41) is 20.2. The van der Waals surface area contributed by atoms with Crippen LogP contribution in [0.5, 0.6) is 0 Å². The number of aliphatic hydroxyl groups is 2. The van der Waals surface area contributed by atoms with E-state index in [4.69, 9.17) is 0 Å². The number of Topliss-reactive ketones (excluding diaryl/α,β-unsaturated/α-hetero) is 1. The first-order chi connectivity index (χ1) is 15.0. The first-order valence-electron chi connectivity index (χ1n) is 13.6. The van der Waals surface area contributed by atoms with Crippen molar-refractivity contribution in [3.8, 4) is 0 Å². The van der Waals surface area contributed by atoms with Crippen molar-refractivity contribution in [3.63, 3.8) is 0 Å². The summed E-state index contributed by atoms with van der Waals surface area (Å²) >= 11 is 0. The van der Waals surface area contributed by atoms with Gasteiger partial charge in [-0.1, -0.05) is 46.3 Å². The predicted octanol–water partition coefficient (Wildman–Crippen LogP) is 6.03. The van der Waals surface area contributed by atoms with Crippen molar-refractivity contribution >= 4 is 5.78 Å². The molecule has 0 aromatic rings. The number of hydrogen-bond acceptors (Lipinski definition) is 3. The molecule has 3 fully saturated rings. The summed E-state index contributed by atoms with van der Waals surface area (Å²) in [6.07, 6.45) is 9.58. The van der Waals surface area contributed by atoms with Gasteiger partial charge in [0, 0.05) is 17.9 Å². The molecule has 0 bridgehead atoms. The molecule has 32 heavy (non-hydrogen) atoms. The quantitative estimate of drug-likeness (QED) is 0.471. The Kier molecular flexibility index (Phi) is 6.75. The van der Waals surface area contributed by atoms with Crippen LogP contribution in [0.1, 0.15) is 92.9 Å². The number of allylic oxidation sites excluding steroid dienone is 1. The van der Waals surface area contributed by atoms with Crippen LogP contribution in [0.15, 0.2) is 11.6 Å². The summed E-state index contributed by atoms with van der Waals surface area (Å²) in [5.41, 5.74) is 0.853. The van der Waals surface area contributed by atoms with Gasteiger partial charge in [0.2, 0.25) is 0 Å². The third kappa shape index (κ3) is 3.94. The maximum atomic E-state index is 13.9. The summed E-state index contributed by atoms with van der Waals surface area (Å²) in [7, 11) is 0. The molecule has 0 unspecified atom stereocenters. The first-order valence-corrected chi connectivity index (χ1v) is 13.6. The number of carbonyl (C=O) groups is 1. The zero-order valence-electron chi connectivity index (χ0n) is 21.4. The number of rotatable bonds is 7. The van der Waals surface area contributed by atoms with Crippen LogP contribution in [0.2, 0.25) is 0 Å². The molecule has 0 heterocycles. The second kappa shape index (κ2) is 8.84. The smallest absolute Gasteiger partial charge is 0.146 e. The normalized spacial score (nSPS) is 46.0. The summed E-state index contributed by atoms with van der Waals surface area (Å²) < 4.78 is 0. The molecule has 0 aliphatic heterocycles. The summed E-state index contributed by atoms with van der Waals surface area (Å²) in [4.78, 5) is 13.9. The van der Waals surface area contributed by atoms with Gasteiger partial charge in [-0.3, -0.25) is 4.79 Å². The Morgan fingerprint density at radius 1 is 1.09 bits per heavy atom. The van der Waals surface area contributed by atoms with Gasteiger partial charge in [-0.2, -0.15) is 0 Å². The Morgan fingerprint density at radius 3 is 2.47 bits per heavy atom. The largest absolute Gasteiger partial charge is 0.396 e. The molecule has 0 amide bonds. The van der Waals surface area contributed by atoms with Gasteiger partial charge in [0.25, 0.3) is 0 Å². The van der Waals surface area contributed by atoms with E-state index in [1.54, 1.807) is 0 Å². The average molecular weight is 445 g/mol. The van der Waals surface area contributed by atoms with Gasteiger partial charge in [-0.05, 0) is 105 Å². The highest BCUT2D eigenvalue weighted by Crippen LogP contribution is 2.63. The minimum atomic E-state index is -0.375. The maximum Gasteiger partial charge on any atom is 0.146 e. The van der Waals surface area contributed by atoms with Crippen LogP contribution in [0.25, 0.3) is 0 Å².